The van der Waals surface area contributed by atoms with Crippen LogP contribution >= 0.6 is 0 Å². The van der Waals surface area contributed by atoms with Crippen LogP contribution in [0.3, 0.4) is 0 Å². The average molecular weight is 310 g/mol. The van der Waals surface area contributed by atoms with Gasteiger partial charge in [0, 0.05) is 32.1 Å². The van der Waals surface area contributed by atoms with Gasteiger partial charge in [-0.25, -0.2) is 8.78 Å². The molecular weight excluding hydrogens is 290 g/mol. The molecule has 2 amide bonds. The lowest BCUT2D eigenvalue weighted by Crippen LogP contribution is -2.44. The highest BCUT2D eigenvalue weighted by atomic mass is 19.1. The molecule has 0 aromatic heterocycles. The molecule has 1 aliphatic heterocycles. The number of carbonyl (C=O) groups is 2. The summed E-state index contributed by atoms with van der Waals surface area (Å²) >= 11 is 0. The van der Waals surface area contributed by atoms with Crippen molar-refractivity contribution < 1.29 is 18.4 Å². The third-order valence-corrected chi connectivity index (χ3v) is 4.05. The van der Waals surface area contributed by atoms with Crippen LogP contribution in [-0.2, 0) is 9.59 Å². The van der Waals surface area contributed by atoms with Crippen molar-refractivity contribution in [1.29, 1.82) is 0 Å². The van der Waals surface area contributed by atoms with Crippen molar-refractivity contribution in [2.24, 2.45) is 0 Å². The first kappa shape index (κ1) is 16.4. The molecule has 0 aliphatic carbocycles. The standard InChI is InChI=1S/C16H20F2N2O2/c1-11(21)19(2)10-16(22)20-8-4-3-5-15(20)13-7-6-12(17)9-14(13)18/h6-7,9,15H,3-5,8,10H2,1-2H3. The van der Waals surface area contributed by atoms with Crippen molar-refractivity contribution in [3.63, 3.8) is 0 Å². The molecular formula is C16H20F2N2O2. The quantitative estimate of drug-likeness (QED) is 0.860. The van der Waals surface area contributed by atoms with Gasteiger partial charge < -0.3 is 9.80 Å². The van der Waals surface area contributed by atoms with Gasteiger partial charge in [-0.1, -0.05) is 6.07 Å². The SMILES string of the molecule is CC(=O)N(C)CC(=O)N1CCCCC1c1ccc(F)cc1F. The molecule has 0 radical (unpaired) electrons. The van der Waals surface area contributed by atoms with Crippen molar-refractivity contribution in [3.8, 4) is 0 Å². The fourth-order valence-electron chi connectivity index (χ4n) is 2.73. The van der Waals surface area contributed by atoms with Crippen LogP contribution in [0.1, 0.15) is 37.8 Å². The molecule has 0 N–H and O–H groups in total. The number of rotatable bonds is 3. The van der Waals surface area contributed by atoms with Crippen LogP contribution in [-0.4, -0.2) is 41.8 Å². The van der Waals surface area contributed by atoms with E-state index in [0.717, 1.165) is 18.9 Å². The number of piperidine rings is 1. The van der Waals surface area contributed by atoms with E-state index in [2.05, 4.69) is 0 Å². The van der Waals surface area contributed by atoms with Crippen molar-refractivity contribution in [2.75, 3.05) is 20.1 Å². The lowest BCUT2D eigenvalue weighted by molar-refractivity contribution is -0.141. The molecule has 1 aromatic rings. The highest BCUT2D eigenvalue weighted by Crippen LogP contribution is 2.32. The first-order valence-electron chi connectivity index (χ1n) is 7.36. The van der Waals surface area contributed by atoms with Gasteiger partial charge in [0.1, 0.15) is 11.6 Å². The highest BCUT2D eigenvalue weighted by Gasteiger charge is 2.30. The molecule has 0 saturated carbocycles. The van der Waals surface area contributed by atoms with E-state index >= 15 is 0 Å². The number of amides is 2. The molecule has 1 aliphatic rings. The van der Waals surface area contributed by atoms with Gasteiger partial charge >= 0.3 is 0 Å². The van der Waals surface area contributed by atoms with Gasteiger partial charge in [0.05, 0.1) is 12.6 Å². The van der Waals surface area contributed by atoms with Crippen molar-refractivity contribution >= 4 is 11.8 Å². The Balaban J connectivity index is 2.21. The molecule has 120 valence electrons. The van der Waals surface area contributed by atoms with E-state index in [-0.39, 0.29) is 18.4 Å². The van der Waals surface area contributed by atoms with E-state index < -0.39 is 17.7 Å². The maximum atomic E-state index is 14.0. The topological polar surface area (TPSA) is 40.6 Å². The minimum Gasteiger partial charge on any atom is -0.337 e. The van der Waals surface area contributed by atoms with Gasteiger partial charge in [-0.05, 0) is 25.3 Å². The number of likely N-dealkylation sites (tertiary alicyclic amines) is 1. The van der Waals surface area contributed by atoms with E-state index in [9.17, 15) is 18.4 Å². The minimum absolute atomic E-state index is 0.0331. The first-order valence-corrected chi connectivity index (χ1v) is 7.36. The van der Waals surface area contributed by atoms with Gasteiger partial charge in [0.25, 0.3) is 0 Å². The van der Waals surface area contributed by atoms with Gasteiger partial charge in [0.15, 0.2) is 0 Å². The van der Waals surface area contributed by atoms with Crippen LogP contribution in [0.4, 0.5) is 8.78 Å². The molecule has 1 aromatic carbocycles. The van der Waals surface area contributed by atoms with Crippen LogP contribution in [0, 0.1) is 11.6 Å². The van der Waals surface area contributed by atoms with Crippen molar-refractivity contribution in [1.82, 2.24) is 9.80 Å². The Hall–Kier alpha value is -1.98. The first-order chi connectivity index (χ1) is 10.4. The minimum atomic E-state index is -0.635. The number of likely N-dealkylation sites (N-methyl/N-ethyl adjacent to an activating group) is 1. The van der Waals surface area contributed by atoms with Gasteiger partial charge in [-0.15, -0.1) is 0 Å². The summed E-state index contributed by atoms with van der Waals surface area (Å²) in [5.41, 5.74) is 0.333. The normalized spacial score (nSPS) is 18.2. The van der Waals surface area contributed by atoms with Crippen LogP contribution in [0.2, 0.25) is 0 Å². The van der Waals surface area contributed by atoms with Crippen molar-refractivity contribution in [2.45, 2.75) is 32.2 Å². The molecule has 1 atom stereocenters. The zero-order valence-corrected chi connectivity index (χ0v) is 12.8. The van der Waals surface area contributed by atoms with E-state index in [0.29, 0.717) is 18.5 Å². The lowest BCUT2D eigenvalue weighted by atomic mass is 9.94. The summed E-state index contributed by atoms with van der Waals surface area (Å²) in [6, 6.07) is 3.04. The molecule has 0 bridgehead atoms. The van der Waals surface area contributed by atoms with E-state index in [1.54, 1.807) is 11.9 Å². The summed E-state index contributed by atoms with van der Waals surface area (Å²) in [6.45, 7) is 1.88. The second-order valence-electron chi connectivity index (χ2n) is 5.64. The summed E-state index contributed by atoms with van der Waals surface area (Å²) in [7, 11) is 1.55. The lowest BCUT2D eigenvalue weighted by Gasteiger charge is -2.37. The maximum Gasteiger partial charge on any atom is 0.242 e. The molecule has 6 heteroatoms. The second-order valence-corrected chi connectivity index (χ2v) is 5.64. The smallest absolute Gasteiger partial charge is 0.242 e. The second kappa shape index (κ2) is 6.85. The van der Waals surface area contributed by atoms with Gasteiger partial charge in [-0.2, -0.15) is 0 Å². The summed E-state index contributed by atoms with van der Waals surface area (Å²) in [4.78, 5) is 26.6. The predicted molar refractivity (Wildman–Crippen MR) is 78.0 cm³/mol. The summed E-state index contributed by atoms with van der Waals surface area (Å²) < 4.78 is 27.1. The molecule has 0 spiro atoms. The Kier molecular flexibility index (Phi) is 5.11. The number of carbonyl (C=O) groups excluding carboxylic acids is 2. The van der Waals surface area contributed by atoms with E-state index in [1.807, 2.05) is 0 Å². The molecule has 1 unspecified atom stereocenters. The predicted octanol–water partition coefficient (Wildman–Crippen LogP) is 2.50. The van der Waals surface area contributed by atoms with E-state index in [4.69, 9.17) is 0 Å². The van der Waals surface area contributed by atoms with Crippen LogP contribution in [0.25, 0.3) is 0 Å². The monoisotopic (exact) mass is 310 g/mol. The average Bonchev–Trinajstić information content (AvgIpc) is 2.47. The Morgan fingerprint density at radius 3 is 2.68 bits per heavy atom. The number of hydrogen-bond donors (Lipinski definition) is 0. The summed E-state index contributed by atoms with van der Waals surface area (Å²) in [6.07, 6.45) is 2.36. The number of nitrogens with zero attached hydrogens (tertiary/aromatic N) is 2. The highest BCUT2D eigenvalue weighted by molar-refractivity contribution is 5.84. The summed E-state index contributed by atoms with van der Waals surface area (Å²) in [5, 5.41) is 0. The number of benzene rings is 1. The zero-order valence-electron chi connectivity index (χ0n) is 12.8. The van der Waals surface area contributed by atoms with Crippen LogP contribution in [0.5, 0.6) is 0 Å². The third-order valence-electron chi connectivity index (χ3n) is 4.05. The van der Waals surface area contributed by atoms with Gasteiger partial charge in [-0.3, -0.25) is 9.59 Å². The summed E-state index contributed by atoms with van der Waals surface area (Å²) in [5.74, 6) is -1.68. The Bertz CT molecular complexity index is 577. The number of halogens is 2. The van der Waals surface area contributed by atoms with Gasteiger partial charge in [0.2, 0.25) is 11.8 Å². The molecule has 4 nitrogen and oxygen atoms in total. The molecule has 2 rings (SSSR count). The molecule has 1 heterocycles. The third kappa shape index (κ3) is 3.61. The largest absolute Gasteiger partial charge is 0.337 e. The fourth-order valence-corrected chi connectivity index (χ4v) is 2.73. The molecule has 22 heavy (non-hydrogen) atoms. The van der Waals surface area contributed by atoms with E-state index in [1.165, 1.54) is 24.0 Å². The fraction of sp³-hybridized carbons (Fsp3) is 0.500. The Labute approximate surface area is 128 Å². The van der Waals surface area contributed by atoms with Crippen molar-refractivity contribution in [3.05, 3.63) is 35.4 Å². The zero-order chi connectivity index (χ0) is 16.3. The Morgan fingerprint density at radius 1 is 1.32 bits per heavy atom. The Morgan fingerprint density at radius 2 is 2.05 bits per heavy atom. The molecule has 1 fully saturated rings. The number of hydrogen-bond acceptors (Lipinski definition) is 2. The maximum absolute atomic E-state index is 14.0. The van der Waals surface area contributed by atoms with Crippen LogP contribution < -0.4 is 0 Å². The molecule has 1 saturated heterocycles. The van der Waals surface area contributed by atoms with Crippen LogP contribution in [0.15, 0.2) is 18.2 Å².